The van der Waals surface area contributed by atoms with Crippen LogP contribution in [0, 0.1) is 0 Å². The van der Waals surface area contributed by atoms with Gasteiger partial charge in [0, 0.05) is 0 Å². The number of rotatable bonds is 4. The van der Waals surface area contributed by atoms with Gasteiger partial charge in [0.2, 0.25) is 0 Å². The molecule has 0 aliphatic heterocycles. The first-order valence-corrected chi connectivity index (χ1v) is 12.4. The normalized spacial score (nSPS) is 10.8. The summed E-state index contributed by atoms with van der Waals surface area (Å²) >= 11 is -3.30. The predicted molar refractivity (Wildman–Crippen MR) is 50.2 cm³/mol. The van der Waals surface area contributed by atoms with Crippen molar-refractivity contribution in [3.8, 4) is 0 Å². The molecule has 0 bridgehead atoms. The van der Waals surface area contributed by atoms with E-state index in [0.717, 1.165) is 0 Å². The summed E-state index contributed by atoms with van der Waals surface area (Å²) in [5, 5.41) is 0. The van der Waals surface area contributed by atoms with Gasteiger partial charge in [0.15, 0.2) is 0 Å². The van der Waals surface area contributed by atoms with Crippen molar-refractivity contribution in [2.45, 2.75) is 36.6 Å². The Kier molecular flexibility index (Phi) is 5.36. The first-order valence-electron chi connectivity index (χ1n) is 4.35. The predicted octanol–water partition coefficient (Wildman–Crippen LogP) is 1.59. The van der Waals surface area contributed by atoms with Gasteiger partial charge in [-0.3, -0.25) is 0 Å². The first-order chi connectivity index (χ1) is 5.91. The molecule has 0 aromatic rings. The van der Waals surface area contributed by atoms with Crippen molar-refractivity contribution in [2.24, 2.45) is 0 Å². The van der Waals surface area contributed by atoms with Crippen molar-refractivity contribution in [1.82, 2.24) is 0 Å². The molecule has 13 heavy (non-hydrogen) atoms. The summed E-state index contributed by atoms with van der Waals surface area (Å²) in [7, 11) is 0. The summed E-state index contributed by atoms with van der Waals surface area (Å²) < 4.78 is 10.2. The average Bonchev–Trinajstić information content (AvgIpc) is 2.02. The second-order valence-corrected chi connectivity index (χ2v) is 12.2. The van der Waals surface area contributed by atoms with Gasteiger partial charge in [-0.15, -0.1) is 0 Å². The molecule has 0 aliphatic carbocycles. The zero-order valence-corrected chi connectivity index (χ0v) is 11.4. The van der Waals surface area contributed by atoms with Crippen molar-refractivity contribution in [3.63, 3.8) is 0 Å². The molecule has 0 aliphatic rings. The Morgan fingerprint density at radius 2 is 1.31 bits per heavy atom. The van der Waals surface area contributed by atoms with Crippen LogP contribution in [-0.2, 0) is 15.7 Å². The Balaban J connectivity index is 4.07. The minimum atomic E-state index is -3.30. The summed E-state index contributed by atoms with van der Waals surface area (Å²) in [6.07, 6.45) is 0.647. The minimum absolute atomic E-state index is 0.287. The van der Waals surface area contributed by atoms with E-state index >= 15 is 0 Å². The van der Waals surface area contributed by atoms with Crippen molar-refractivity contribution in [1.29, 1.82) is 0 Å². The molecular weight excluding hydrogens is 279 g/mol. The zero-order chi connectivity index (χ0) is 10.5. The third-order valence-corrected chi connectivity index (χ3v) is 5.40. The van der Waals surface area contributed by atoms with E-state index in [-0.39, 0.29) is 11.9 Å². The van der Waals surface area contributed by atoms with E-state index in [9.17, 15) is 9.59 Å². The van der Waals surface area contributed by atoms with Crippen LogP contribution in [0.2, 0.25) is 9.88 Å². The third-order valence-electron chi connectivity index (χ3n) is 1.30. The van der Waals surface area contributed by atoms with Gasteiger partial charge in [-0.1, -0.05) is 0 Å². The van der Waals surface area contributed by atoms with Gasteiger partial charge in [-0.25, -0.2) is 0 Å². The molecule has 5 heteroatoms. The van der Waals surface area contributed by atoms with Crippen LogP contribution in [0.4, 0.5) is 0 Å². The molecule has 0 radical (unpaired) electrons. The second kappa shape index (κ2) is 5.46. The quantitative estimate of drug-likeness (QED) is 0.739. The molecule has 0 amide bonds. The molecule has 0 unspecified atom stereocenters. The van der Waals surface area contributed by atoms with E-state index in [4.69, 9.17) is 6.15 Å². The molecule has 0 fully saturated rings. The second-order valence-electron chi connectivity index (χ2n) is 3.06. The van der Waals surface area contributed by atoms with Gasteiger partial charge >= 0.3 is 83.4 Å². The molecule has 0 saturated carbocycles. The van der Waals surface area contributed by atoms with Crippen LogP contribution >= 0.6 is 0 Å². The molecule has 76 valence electrons. The van der Waals surface area contributed by atoms with Gasteiger partial charge in [0.05, 0.1) is 0 Å². The average molecular weight is 295 g/mol. The Morgan fingerprint density at radius 3 is 1.54 bits per heavy atom. The van der Waals surface area contributed by atoms with Gasteiger partial charge in [0.1, 0.15) is 0 Å². The van der Waals surface area contributed by atoms with Crippen LogP contribution in [0.3, 0.4) is 0 Å². The van der Waals surface area contributed by atoms with E-state index in [1.807, 2.05) is 0 Å². The number of hydrogen-bond acceptors (Lipinski definition) is 4. The number of hydrogen-bond donors (Lipinski definition) is 0. The monoisotopic (exact) mass is 296 g/mol. The zero-order valence-electron chi connectivity index (χ0n) is 8.55. The van der Waals surface area contributed by atoms with E-state index in [2.05, 4.69) is 0 Å². The van der Waals surface area contributed by atoms with E-state index in [0.29, 0.717) is 12.8 Å². The summed E-state index contributed by atoms with van der Waals surface area (Å²) in [6.45, 7) is 3.43. The summed E-state index contributed by atoms with van der Waals surface area (Å²) in [6, 6.07) is 0. The van der Waals surface area contributed by atoms with Crippen molar-refractivity contribution in [3.05, 3.63) is 0 Å². The van der Waals surface area contributed by atoms with Crippen LogP contribution in [-0.4, -0.2) is 31.1 Å². The van der Waals surface area contributed by atoms with Crippen LogP contribution in [0.25, 0.3) is 0 Å². The van der Waals surface area contributed by atoms with Crippen LogP contribution < -0.4 is 0 Å². The maximum atomic E-state index is 10.9. The van der Waals surface area contributed by atoms with Gasteiger partial charge in [-0.2, -0.15) is 0 Å². The van der Waals surface area contributed by atoms with Crippen molar-refractivity contribution in [2.75, 3.05) is 0 Å². The van der Waals surface area contributed by atoms with Crippen LogP contribution in [0.5, 0.6) is 0 Å². The molecule has 0 N–H and O–H groups in total. The molecule has 0 rings (SSSR count). The fraction of sp³-hybridized carbons (Fsp3) is 0.750. The molecule has 0 aromatic carbocycles. The van der Waals surface area contributed by atoms with Crippen molar-refractivity contribution < 1.29 is 15.7 Å². The Hall–Kier alpha value is -0.261. The van der Waals surface area contributed by atoms with Gasteiger partial charge in [-0.05, 0) is 0 Å². The molecule has 0 atom stereocenters. The Bertz CT molecular complexity index is 180. The molecule has 4 nitrogen and oxygen atoms in total. The third kappa shape index (κ3) is 5.90. The molecule has 0 heterocycles. The van der Waals surface area contributed by atoms with E-state index < -0.39 is 19.2 Å². The van der Waals surface area contributed by atoms with Gasteiger partial charge < -0.3 is 0 Å². The summed E-state index contributed by atoms with van der Waals surface area (Å²) in [5.41, 5.74) is 0. The topological polar surface area (TPSA) is 52.6 Å². The fourth-order valence-electron chi connectivity index (χ4n) is 0.713. The SMILES string of the molecule is CCC(=O)[O][Sn]([CH3])([CH3])[O]C(=O)CC. The van der Waals surface area contributed by atoms with Crippen molar-refractivity contribution >= 4 is 31.1 Å². The fourth-order valence-corrected chi connectivity index (χ4v) is 4.79. The Morgan fingerprint density at radius 1 is 1.00 bits per heavy atom. The molecule has 0 saturated heterocycles. The van der Waals surface area contributed by atoms with Crippen LogP contribution in [0.15, 0.2) is 0 Å². The van der Waals surface area contributed by atoms with Crippen LogP contribution in [0.1, 0.15) is 26.7 Å². The number of carbonyl (C=O) groups is 2. The first kappa shape index (κ1) is 12.7. The summed E-state index contributed by atoms with van der Waals surface area (Å²) in [4.78, 5) is 25.4. The molecule has 0 aromatic heterocycles. The van der Waals surface area contributed by atoms with Gasteiger partial charge in [0.25, 0.3) is 0 Å². The standard InChI is InChI=1S/2C3H6O2.2CH3.Sn/c2*1-2-3(4)5;;;/h2*2H2,1H3,(H,4,5);2*1H3;/q;;;;+2/p-2. The Labute approximate surface area is 83.6 Å². The molecule has 0 spiro atoms. The molecular formula is C8H16O4Sn. The summed E-state index contributed by atoms with van der Waals surface area (Å²) in [5.74, 6) is -0.575. The maximum absolute atomic E-state index is 10.9. The van der Waals surface area contributed by atoms with E-state index in [1.165, 1.54) is 0 Å². The number of carbonyl (C=O) groups excluding carboxylic acids is 2. The van der Waals surface area contributed by atoms with E-state index in [1.54, 1.807) is 23.7 Å².